The van der Waals surface area contributed by atoms with E-state index in [-0.39, 0.29) is 24.3 Å². The Kier molecular flexibility index (Phi) is 3.63. The molecule has 1 saturated heterocycles. The molecule has 0 saturated carbocycles. The maximum Gasteiger partial charge on any atom is 0.336 e. The molecule has 0 amide bonds. The minimum absolute atomic E-state index is 0.0892. The monoisotopic (exact) mass is 369 g/mol. The van der Waals surface area contributed by atoms with Crippen molar-refractivity contribution in [1.29, 1.82) is 0 Å². The lowest BCUT2D eigenvalue weighted by atomic mass is 10.0. The minimum Gasteiger partial charge on any atom is -0.476 e. The zero-order valence-corrected chi connectivity index (χ0v) is 14.6. The summed E-state index contributed by atoms with van der Waals surface area (Å²) in [6.45, 7) is 2.54. The molecule has 2 aliphatic heterocycles. The molecule has 1 aromatic heterocycles. The quantitative estimate of drug-likeness (QED) is 0.716. The van der Waals surface area contributed by atoms with Gasteiger partial charge in [0.2, 0.25) is 0 Å². The van der Waals surface area contributed by atoms with Gasteiger partial charge in [-0.3, -0.25) is 4.90 Å². The first-order valence-corrected chi connectivity index (χ1v) is 9.87. The molecular formula is C16H16ClNO5S. The van der Waals surface area contributed by atoms with Crippen LogP contribution in [0.4, 0.5) is 0 Å². The van der Waals surface area contributed by atoms with Crippen LogP contribution in [-0.2, 0) is 16.4 Å². The highest BCUT2D eigenvalue weighted by Gasteiger charge is 2.35. The Bertz CT molecular complexity index is 998. The van der Waals surface area contributed by atoms with Gasteiger partial charge in [-0.15, -0.1) is 0 Å². The molecule has 24 heavy (non-hydrogen) atoms. The summed E-state index contributed by atoms with van der Waals surface area (Å²) in [6.07, 6.45) is 0.586. The largest absolute Gasteiger partial charge is 0.476 e. The standard InChI is InChI=1S/C16H16ClNO5S/c1-9-4-14(19)23-15-11(9)5-13(17)16-12(15)6-18(8-22-16)10-2-3-24(20,21)7-10/h4-5,10H,2-3,6-8H2,1H3. The summed E-state index contributed by atoms with van der Waals surface area (Å²) in [4.78, 5) is 13.7. The van der Waals surface area contributed by atoms with E-state index in [0.29, 0.717) is 34.9 Å². The number of fused-ring (bicyclic) bond motifs is 3. The van der Waals surface area contributed by atoms with E-state index in [4.69, 9.17) is 20.8 Å². The Hall–Kier alpha value is -1.57. The smallest absolute Gasteiger partial charge is 0.336 e. The summed E-state index contributed by atoms with van der Waals surface area (Å²) < 4.78 is 34.7. The maximum atomic E-state index is 11.8. The molecule has 0 bridgehead atoms. The van der Waals surface area contributed by atoms with Gasteiger partial charge in [0.05, 0.1) is 22.1 Å². The predicted molar refractivity (Wildman–Crippen MR) is 90.3 cm³/mol. The van der Waals surface area contributed by atoms with Gasteiger partial charge >= 0.3 is 5.63 Å². The van der Waals surface area contributed by atoms with E-state index in [1.54, 1.807) is 6.07 Å². The topological polar surface area (TPSA) is 76.8 Å². The van der Waals surface area contributed by atoms with Crippen molar-refractivity contribution in [3.63, 3.8) is 0 Å². The number of halogens is 1. The third-order valence-electron chi connectivity index (χ3n) is 4.70. The van der Waals surface area contributed by atoms with E-state index in [9.17, 15) is 13.2 Å². The fraction of sp³-hybridized carbons (Fsp3) is 0.438. The van der Waals surface area contributed by atoms with Crippen molar-refractivity contribution in [2.24, 2.45) is 0 Å². The van der Waals surface area contributed by atoms with Gasteiger partial charge in [-0.05, 0) is 25.0 Å². The molecule has 1 atom stereocenters. The molecule has 1 aromatic carbocycles. The van der Waals surface area contributed by atoms with Crippen LogP contribution < -0.4 is 10.4 Å². The Morgan fingerprint density at radius 2 is 2.12 bits per heavy atom. The van der Waals surface area contributed by atoms with E-state index >= 15 is 0 Å². The lowest BCUT2D eigenvalue weighted by Gasteiger charge is -2.33. The van der Waals surface area contributed by atoms with Crippen LogP contribution in [0.5, 0.6) is 5.75 Å². The highest BCUT2D eigenvalue weighted by molar-refractivity contribution is 7.91. The second-order valence-corrected chi connectivity index (χ2v) is 9.00. The molecule has 1 fully saturated rings. The van der Waals surface area contributed by atoms with Crippen LogP contribution in [-0.4, -0.2) is 37.6 Å². The average Bonchev–Trinajstić information content (AvgIpc) is 2.88. The van der Waals surface area contributed by atoms with E-state index in [2.05, 4.69) is 0 Å². The molecule has 2 aliphatic rings. The van der Waals surface area contributed by atoms with Gasteiger partial charge in [-0.2, -0.15) is 0 Å². The van der Waals surface area contributed by atoms with Crippen molar-refractivity contribution in [2.45, 2.75) is 25.9 Å². The van der Waals surface area contributed by atoms with Crippen molar-refractivity contribution in [3.05, 3.63) is 38.7 Å². The molecule has 2 aromatic rings. The maximum absolute atomic E-state index is 11.8. The van der Waals surface area contributed by atoms with E-state index in [0.717, 1.165) is 10.9 Å². The van der Waals surface area contributed by atoms with E-state index in [1.807, 2.05) is 11.8 Å². The van der Waals surface area contributed by atoms with Crippen LogP contribution in [0.25, 0.3) is 11.0 Å². The van der Waals surface area contributed by atoms with Crippen molar-refractivity contribution in [1.82, 2.24) is 4.90 Å². The van der Waals surface area contributed by atoms with Gasteiger partial charge in [0.1, 0.15) is 18.1 Å². The van der Waals surface area contributed by atoms with Crippen LogP contribution in [0.3, 0.4) is 0 Å². The summed E-state index contributed by atoms with van der Waals surface area (Å²) in [5, 5.41) is 1.23. The number of ether oxygens (including phenoxy) is 1. The number of benzene rings is 1. The lowest BCUT2D eigenvalue weighted by Crippen LogP contribution is -2.41. The third kappa shape index (κ3) is 2.60. The second kappa shape index (κ2) is 5.47. The Morgan fingerprint density at radius 1 is 1.33 bits per heavy atom. The van der Waals surface area contributed by atoms with Crippen LogP contribution in [0.2, 0.25) is 5.02 Å². The molecule has 0 radical (unpaired) electrons. The summed E-state index contributed by atoms with van der Waals surface area (Å²) in [5.74, 6) is 0.841. The minimum atomic E-state index is -2.98. The van der Waals surface area contributed by atoms with Gasteiger partial charge in [-0.25, -0.2) is 13.2 Å². The van der Waals surface area contributed by atoms with Gasteiger partial charge in [-0.1, -0.05) is 11.6 Å². The van der Waals surface area contributed by atoms with Crippen molar-refractivity contribution >= 4 is 32.4 Å². The molecular weight excluding hydrogens is 354 g/mol. The van der Waals surface area contributed by atoms with Crippen molar-refractivity contribution in [2.75, 3.05) is 18.2 Å². The third-order valence-corrected chi connectivity index (χ3v) is 6.73. The van der Waals surface area contributed by atoms with Crippen LogP contribution >= 0.6 is 11.6 Å². The van der Waals surface area contributed by atoms with Crippen LogP contribution in [0.1, 0.15) is 17.5 Å². The Morgan fingerprint density at radius 3 is 2.83 bits per heavy atom. The molecule has 1 unspecified atom stereocenters. The normalized spacial score (nSPS) is 23.2. The fourth-order valence-corrected chi connectivity index (χ4v) is 5.49. The molecule has 3 heterocycles. The number of rotatable bonds is 1. The molecule has 4 rings (SSSR count). The molecule has 0 spiro atoms. The highest BCUT2D eigenvalue weighted by Crippen LogP contribution is 2.40. The fourth-order valence-electron chi connectivity index (χ4n) is 3.46. The summed E-state index contributed by atoms with van der Waals surface area (Å²) >= 11 is 6.33. The van der Waals surface area contributed by atoms with Crippen molar-refractivity contribution in [3.8, 4) is 5.75 Å². The van der Waals surface area contributed by atoms with Gasteiger partial charge in [0, 0.05) is 24.0 Å². The first-order valence-electron chi connectivity index (χ1n) is 7.67. The van der Waals surface area contributed by atoms with Gasteiger partial charge in [0.25, 0.3) is 0 Å². The van der Waals surface area contributed by atoms with E-state index in [1.165, 1.54) is 6.07 Å². The van der Waals surface area contributed by atoms with Gasteiger partial charge < -0.3 is 9.15 Å². The molecule has 8 heteroatoms. The molecule has 0 N–H and O–H groups in total. The Labute approximate surface area is 143 Å². The number of hydrogen-bond donors (Lipinski definition) is 0. The molecule has 0 aliphatic carbocycles. The Balaban J connectivity index is 1.81. The number of hydrogen-bond acceptors (Lipinski definition) is 6. The molecule has 128 valence electrons. The van der Waals surface area contributed by atoms with Gasteiger partial charge in [0.15, 0.2) is 9.84 Å². The van der Waals surface area contributed by atoms with E-state index < -0.39 is 15.5 Å². The van der Waals surface area contributed by atoms with Crippen LogP contribution in [0, 0.1) is 6.92 Å². The highest BCUT2D eigenvalue weighted by atomic mass is 35.5. The zero-order valence-electron chi connectivity index (χ0n) is 13.0. The van der Waals surface area contributed by atoms with Crippen LogP contribution in [0.15, 0.2) is 21.3 Å². The summed E-state index contributed by atoms with van der Waals surface area (Å²) in [6, 6.07) is 3.08. The number of sulfone groups is 1. The first-order chi connectivity index (χ1) is 11.3. The zero-order chi connectivity index (χ0) is 17.1. The first kappa shape index (κ1) is 15.9. The number of nitrogens with zero attached hydrogens (tertiary/aromatic N) is 1. The summed E-state index contributed by atoms with van der Waals surface area (Å²) in [7, 11) is -2.98. The lowest BCUT2D eigenvalue weighted by molar-refractivity contribution is 0.0649. The second-order valence-electron chi connectivity index (χ2n) is 6.37. The molecule has 6 nitrogen and oxygen atoms in total. The predicted octanol–water partition coefficient (Wildman–Crippen LogP) is 2.09. The summed E-state index contributed by atoms with van der Waals surface area (Å²) in [5.41, 5.74) is 1.52. The average molecular weight is 370 g/mol. The van der Waals surface area contributed by atoms with Crippen molar-refractivity contribution < 1.29 is 17.6 Å². The number of aryl methyl sites for hydroxylation is 1. The SMILES string of the molecule is Cc1cc(=O)oc2c3c(c(Cl)cc12)OCN(C1CCS(=O)(=O)C1)C3.